The average Bonchev–Trinajstić information content (AvgIpc) is 2.80. The molecule has 0 aromatic carbocycles. The lowest BCUT2D eigenvalue weighted by Crippen LogP contribution is -2.46. The molecule has 0 bridgehead atoms. The van der Waals surface area contributed by atoms with E-state index in [0.717, 1.165) is 25.9 Å². The predicted molar refractivity (Wildman–Crippen MR) is 58.0 cm³/mol. The van der Waals surface area contributed by atoms with Crippen LogP contribution in [0.15, 0.2) is 12.5 Å². The number of piperidine rings is 1. The van der Waals surface area contributed by atoms with Crippen molar-refractivity contribution in [3.05, 3.63) is 18.2 Å². The summed E-state index contributed by atoms with van der Waals surface area (Å²) in [5.74, 6) is -0.880. The van der Waals surface area contributed by atoms with Crippen LogP contribution in [0.3, 0.4) is 0 Å². The van der Waals surface area contributed by atoms with E-state index in [-0.39, 0.29) is 6.04 Å². The minimum absolute atomic E-state index is 0.207. The SMILES string of the molecule is O=C(O)C(NC1CCCNC1)c1cnc[nH]1. The number of hydrogen-bond donors (Lipinski definition) is 4. The van der Waals surface area contributed by atoms with Crippen molar-refractivity contribution in [3.63, 3.8) is 0 Å². The predicted octanol–water partition coefficient (Wildman–Crippen LogP) is -0.123. The Morgan fingerprint density at radius 3 is 3.12 bits per heavy atom. The fraction of sp³-hybridized carbons (Fsp3) is 0.600. The second kappa shape index (κ2) is 5.09. The van der Waals surface area contributed by atoms with Crippen molar-refractivity contribution in [1.82, 2.24) is 20.6 Å². The van der Waals surface area contributed by atoms with Gasteiger partial charge in [0.1, 0.15) is 6.04 Å². The maximum absolute atomic E-state index is 11.1. The molecule has 2 heterocycles. The molecule has 1 aromatic rings. The third-order valence-corrected chi connectivity index (χ3v) is 2.78. The molecule has 0 aliphatic carbocycles. The Morgan fingerprint density at radius 2 is 2.56 bits per heavy atom. The van der Waals surface area contributed by atoms with Gasteiger partial charge in [-0.3, -0.25) is 10.1 Å². The molecule has 1 saturated heterocycles. The van der Waals surface area contributed by atoms with Crippen molar-refractivity contribution in [2.75, 3.05) is 13.1 Å². The lowest BCUT2D eigenvalue weighted by Gasteiger charge is -2.26. The van der Waals surface area contributed by atoms with Crippen molar-refractivity contribution in [2.24, 2.45) is 0 Å². The van der Waals surface area contributed by atoms with E-state index in [1.807, 2.05) is 0 Å². The van der Waals surface area contributed by atoms with Crippen LogP contribution < -0.4 is 10.6 Å². The largest absolute Gasteiger partial charge is 0.480 e. The average molecular weight is 224 g/mol. The molecule has 88 valence electrons. The van der Waals surface area contributed by atoms with Gasteiger partial charge >= 0.3 is 5.97 Å². The number of nitrogens with zero attached hydrogens (tertiary/aromatic N) is 1. The van der Waals surface area contributed by atoms with Gasteiger partial charge in [-0.25, -0.2) is 4.98 Å². The fourth-order valence-electron chi connectivity index (χ4n) is 1.95. The first-order valence-electron chi connectivity index (χ1n) is 5.45. The summed E-state index contributed by atoms with van der Waals surface area (Å²) in [4.78, 5) is 17.8. The number of aromatic nitrogens is 2. The number of imidazole rings is 1. The number of aliphatic carboxylic acids is 1. The first kappa shape index (κ1) is 11.1. The summed E-state index contributed by atoms with van der Waals surface area (Å²) >= 11 is 0. The van der Waals surface area contributed by atoms with Gasteiger partial charge < -0.3 is 15.4 Å². The quantitative estimate of drug-likeness (QED) is 0.572. The maximum Gasteiger partial charge on any atom is 0.326 e. The Hall–Kier alpha value is -1.40. The van der Waals surface area contributed by atoms with Gasteiger partial charge in [-0.15, -0.1) is 0 Å². The number of nitrogens with one attached hydrogen (secondary N) is 3. The van der Waals surface area contributed by atoms with Crippen LogP contribution in [-0.2, 0) is 4.79 Å². The second-order valence-corrected chi connectivity index (χ2v) is 3.99. The lowest BCUT2D eigenvalue weighted by atomic mass is 10.1. The molecule has 2 unspecified atom stereocenters. The van der Waals surface area contributed by atoms with Crippen LogP contribution in [0.2, 0.25) is 0 Å². The smallest absolute Gasteiger partial charge is 0.326 e. The normalized spacial score (nSPS) is 22.9. The maximum atomic E-state index is 11.1. The summed E-state index contributed by atoms with van der Waals surface area (Å²) in [5.41, 5.74) is 0.595. The lowest BCUT2D eigenvalue weighted by molar-refractivity contribution is -0.140. The van der Waals surface area contributed by atoms with Gasteiger partial charge in [0, 0.05) is 12.6 Å². The molecule has 1 aromatic heterocycles. The van der Waals surface area contributed by atoms with Gasteiger partial charge in [-0.2, -0.15) is 0 Å². The van der Waals surface area contributed by atoms with E-state index in [1.54, 1.807) is 6.20 Å². The molecule has 16 heavy (non-hydrogen) atoms. The van der Waals surface area contributed by atoms with Gasteiger partial charge in [0.25, 0.3) is 0 Å². The Morgan fingerprint density at radius 1 is 1.69 bits per heavy atom. The minimum Gasteiger partial charge on any atom is -0.480 e. The zero-order chi connectivity index (χ0) is 11.4. The summed E-state index contributed by atoms with van der Waals surface area (Å²) in [6.07, 6.45) is 5.12. The number of hydrogen-bond acceptors (Lipinski definition) is 4. The zero-order valence-corrected chi connectivity index (χ0v) is 8.94. The summed E-state index contributed by atoms with van der Waals surface area (Å²) in [5, 5.41) is 15.5. The van der Waals surface area contributed by atoms with Gasteiger partial charge in [0.05, 0.1) is 18.2 Å². The zero-order valence-electron chi connectivity index (χ0n) is 8.94. The third kappa shape index (κ3) is 2.59. The minimum atomic E-state index is -0.880. The molecule has 6 nitrogen and oxygen atoms in total. The molecule has 6 heteroatoms. The Labute approximate surface area is 93.5 Å². The number of aromatic amines is 1. The van der Waals surface area contributed by atoms with Gasteiger partial charge in [-0.05, 0) is 19.4 Å². The molecule has 0 radical (unpaired) electrons. The number of H-pyrrole nitrogens is 1. The first-order valence-corrected chi connectivity index (χ1v) is 5.45. The molecule has 0 saturated carbocycles. The highest BCUT2D eigenvalue weighted by molar-refractivity contribution is 5.74. The highest BCUT2D eigenvalue weighted by Crippen LogP contribution is 2.12. The van der Waals surface area contributed by atoms with E-state index in [4.69, 9.17) is 5.11 Å². The second-order valence-electron chi connectivity index (χ2n) is 3.99. The molecule has 2 atom stereocenters. The topological polar surface area (TPSA) is 90.0 Å². The van der Waals surface area contributed by atoms with E-state index >= 15 is 0 Å². The van der Waals surface area contributed by atoms with Crippen molar-refractivity contribution in [1.29, 1.82) is 0 Å². The highest BCUT2D eigenvalue weighted by atomic mass is 16.4. The molecule has 1 fully saturated rings. The van der Waals surface area contributed by atoms with E-state index in [0.29, 0.717) is 5.69 Å². The Bertz CT molecular complexity index is 333. The molecule has 4 N–H and O–H groups in total. The fourth-order valence-corrected chi connectivity index (χ4v) is 1.95. The standard InChI is InChI=1S/C10H16N4O2/c15-10(16)9(8-5-12-6-13-8)14-7-2-1-3-11-4-7/h5-7,9,11,14H,1-4H2,(H,12,13)(H,15,16). The van der Waals surface area contributed by atoms with Crippen molar-refractivity contribution < 1.29 is 9.90 Å². The van der Waals surface area contributed by atoms with E-state index in [9.17, 15) is 4.79 Å². The molecule has 1 aliphatic rings. The van der Waals surface area contributed by atoms with E-state index in [1.165, 1.54) is 6.33 Å². The van der Waals surface area contributed by atoms with Crippen molar-refractivity contribution in [2.45, 2.75) is 24.9 Å². The van der Waals surface area contributed by atoms with Crippen LogP contribution >= 0.6 is 0 Å². The molecule has 0 spiro atoms. The van der Waals surface area contributed by atoms with Crippen LogP contribution in [0.25, 0.3) is 0 Å². The summed E-state index contributed by atoms with van der Waals surface area (Å²) in [6.45, 7) is 1.83. The monoisotopic (exact) mass is 224 g/mol. The van der Waals surface area contributed by atoms with Crippen LogP contribution in [0.4, 0.5) is 0 Å². The first-order chi connectivity index (χ1) is 7.77. The Balaban J connectivity index is 2.00. The number of carbonyl (C=O) groups is 1. The molecular weight excluding hydrogens is 208 g/mol. The summed E-state index contributed by atoms with van der Waals surface area (Å²) in [7, 11) is 0. The summed E-state index contributed by atoms with van der Waals surface area (Å²) < 4.78 is 0. The number of rotatable bonds is 4. The van der Waals surface area contributed by atoms with Crippen molar-refractivity contribution >= 4 is 5.97 Å². The third-order valence-electron chi connectivity index (χ3n) is 2.78. The molecular formula is C10H16N4O2. The van der Waals surface area contributed by atoms with E-state index < -0.39 is 12.0 Å². The molecule has 2 rings (SSSR count). The van der Waals surface area contributed by atoms with Crippen LogP contribution in [0.5, 0.6) is 0 Å². The van der Waals surface area contributed by atoms with Gasteiger partial charge in [0.15, 0.2) is 0 Å². The van der Waals surface area contributed by atoms with Crippen LogP contribution in [-0.4, -0.2) is 40.2 Å². The van der Waals surface area contributed by atoms with E-state index in [2.05, 4.69) is 20.6 Å². The highest BCUT2D eigenvalue weighted by Gasteiger charge is 2.25. The van der Waals surface area contributed by atoms with Crippen LogP contribution in [0.1, 0.15) is 24.6 Å². The van der Waals surface area contributed by atoms with Crippen molar-refractivity contribution in [3.8, 4) is 0 Å². The van der Waals surface area contributed by atoms with Gasteiger partial charge in [0.2, 0.25) is 0 Å². The molecule has 1 aliphatic heterocycles. The molecule has 0 amide bonds. The Kier molecular flexibility index (Phi) is 3.53. The van der Waals surface area contributed by atoms with Gasteiger partial charge in [-0.1, -0.05) is 0 Å². The number of carboxylic acids is 1. The number of carboxylic acid groups (broad SMARTS) is 1. The van der Waals surface area contributed by atoms with Crippen LogP contribution in [0, 0.1) is 0 Å². The summed E-state index contributed by atoms with van der Waals surface area (Å²) in [6, 6.07) is -0.495.